The molecule has 0 unspecified atom stereocenters. The number of hydrogen-bond acceptors (Lipinski definition) is 4. The largest absolute Gasteiger partial charge is 0.488 e. The molecule has 6 heteroatoms. The number of hydrogen-bond donors (Lipinski definition) is 1. The van der Waals surface area contributed by atoms with E-state index in [4.69, 9.17) is 9.47 Å². The molecule has 3 aromatic carbocycles. The van der Waals surface area contributed by atoms with Crippen molar-refractivity contribution >= 4 is 34.7 Å². The molecule has 1 amide bonds. The van der Waals surface area contributed by atoms with Crippen molar-refractivity contribution in [1.82, 2.24) is 5.43 Å². The molecule has 0 aliphatic heterocycles. The molecule has 0 fully saturated rings. The lowest BCUT2D eigenvalue weighted by molar-refractivity contribution is -0.123. The first kappa shape index (κ1) is 19.9. The molecular weight excluding hydrogens is 467 g/mol. The maximum atomic E-state index is 11.9. The standard InChI is InChI=1S/C22H19IN2O3/c23-19-10-12-20(13-11-19)27-16-22(26)25-24-14-18-8-4-5-9-21(18)28-15-17-6-2-1-3-7-17/h1-14H,15-16H2,(H,25,26). The maximum absolute atomic E-state index is 11.9. The number of ether oxygens (including phenoxy) is 2. The highest BCUT2D eigenvalue weighted by Crippen LogP contribution is 2.17. The van der Waals surface area contributed by atoms with Crippen molar-refractivity contribution in [2.45, 2.75) is 6.61 Å². The number of nitrogens with zero attached hydrogens (tertiary/aromatic N) is 1. The summed E-state index contributed by atoms with van der Waals surface area (Å²) < 4.78 is 12.4. The van der Waals surface area contributed by atoms with E-state index in [0.29, 0.717) is 18.1 Å². The van der Waals surface area contributed by atoms with E-state index >= 15 is 0 Å². The Balaban J connectivity index is 1.50. The fourth-order valence-electron chi connectivity index (χ4n) is 2.34. The summed E-state index contributed by atoms with van der Waals surface area (Å²) >= 11 is 2.21. The molecule has 5 nitrogen and oxygen atoms in total. The molecule has 1 N–H and O–H groups in total. The normalized spacial score (nSPS) is 10.6. The molecule has 28 heavy (non-hydrogen) atoms. The highest BCUT2D eigenvalue weighted by atomic mass is 127. The van der Waals surface area contributed by atoms with E-state index in [9.17, 15) is 4.79 Å². The number of benzene rings is 3. The summed E-state index contributed by atoms with van der Waals surface area (Å²) in [5.41, 5.74) is 4.32. The van der Waals surface area contributed by atoms with Crippen molar-refractivity contribution in [2.75, 3.05) is 6.61 Å². The Morgan fingerprint density at radius 1 is 0.929 bits per heavy atom. The van der Waals surface area contributed by atoms with Crippen LogP contribution in [0.15, 0.2) is 84.0 Å². The highest BCUT2D eigenvalue weighted by molar-refractivity contribution is 14.1. The van der Waals surface area contributed by atoms with Gasteiger partial charge in [0.25, 0.3) is 5.91 Å². The second-order valence-corrected chi connectivity index (χ2v) is 7.09. The van der Waals surface area contributed by atoms with E-state index in [1.165, 1.54) is 0 Å². The van der Waals surface area contributed by atoms with Gasteiger partial charge in [0.1, 0.15) is 18.1 Å². The lowest BCUT2D eigenvalue weighted by Crippen LogP contribution is -2.24. The van der Waals surface area contributed by atoms with Crippen LogP contribution < -0.4 is 14.9 Å². The van der Waals surface area contributed by atoms with Gasteiger partial charge < -0.3 is 9.47 Å². The van der Waals surface area contributed by atoms with Crippen LogP contribution in [0.4, 0.5) is 0 Å². The van der Waals surface area contributed by atoms with Gasteiger partial charge in [-0.1, -0.05) is 42.5 Å². The summed E-state index contributed by atoms with van der Waals surface area (Å²) in [7, 11) is 0. The Kier molecular flexibility index (Phi) is 7.43. The third kappa shape index (κ3) is 6.38. The molecular formula is C22H19IN2O3. The van der Waals surface area contributed by atoms with Crippen LogP contribution in [0, 0.1) is 3.57 Å². The first-order valence-corrected chi connectivity index (χ1v) is 9.74. The van der Waals surface area contributed by atoms with Crippen molar-refractivity contribution in [3.8, 4) is 11.5 Å². The molecule has 0 radical (unpaired) electrons. The van der Waals surface area contributed by atoms with Gasteiger partial charge in [-0.2, -0.15) is 5.10 Å². The highest BCUT2D eigenvalue weighted by Gasteiger charge is 2.03. The second-order valence-electron chi connectivity index (χ2n) is 5.85. The average molecular weight is 486 g/mol. The molecule has 0 aliphatic rings. The summed E-state index contributed by atoms with van der Waals surface area (Å²) in [6.45, 7) is 0.353. The molecule has 3 rings (SSSR count). The Morgan fingerprint density at radius 3 is 2.43 bits per heavy atom. The smallest absolute Gasteiger partial charge is 0.277 e. The maximum Gasteiger partial charge on any atom is 0.277 e. The van der Waals surface area contributed by atoms with Gasteiger partial charge in [-0.05, 0) is 64.6 Å². The summed E-state index contributed by atoms with van der Waals surface area (Å²) in [6.07, 6.45) is 1.56. The van der Waals surface area contributed by atoms with Gasteiger partial charge in [0, 0.05) is 9.13 Å². The van der Waals surface area contributed by atoms with Crippen LogP contribution in [0.1, 0.15) is 11.1 Å². The fourth-order valence-corrected chi connectivity index (χ4v) is 2.70. The van der Waals surface area contributed by atoms with Gasteiger partial charge in [0.05, 0.1) is 6.21 Å². The minimum Gasteiger partial charge on any atom is -0.488 e. The molecule has 142 valence electrons. The number of halogens is 1. The minimum absolute atomic E-state index is 0.107. The average Bonchev–Trinajstić information content (AvgIpc) is 2.73. The van der Waals surface area contributed by atoms with Crippen molar-refractivity contribution in [2.24, 2.45) is 5.10 Å². The SMILES string of the molecule is O=C(COc1ccc(I)cc1)NN=Cc1ccccc1OCc1ccccc1. The van der Waals surface area contributed by atoms with E-state index in [2.05, 4.69) is 33.1 Å². The van der Waals surface area contributed by atoms with E-state index in [1.54, 1.807) is 6.21 Å². The Morgan fingerprint density at radius 2 is 1.64 bits per heavy atom. The summed E-state index contributed by atoms with van der Waals surface area (Å²) in [6, 6.07) is 24.9. The number of carbonyl (C=O) groups is 1. The summed E-state index contributed by atoms with van der Waals surface area (Å²) in [5.74, 6) is 0.996. The zero-order valence-electron chi connectivity index (χ0n) is 15.0. The number of para-hydroxylation sites is 1. The van der Waals surface area contributed by atoms with Gasteiger partial charge >= 0.3 is 0 Å². The van der Waals surface area contributed by atoms with E-state index in [1.807, 2.05) is 78.9 Å². The zero-order valence-corrected chi connectivity index (χ0v) is 17.2. The number of hydrazone groups is 1. The van der Waals surface area contributed by atoms with Crippen LogP contribution in [-0.4, -0.2) is 18.7 Å². The van der Waals surface area contributed by atoms with Crippen LogP contribution in [0.3, 0.4) is 0 Å². The first-order chi connectivity index (χ1) is 13.7. The molecule has 0 spiro atoms. The van der Waals surface area contributed by atoms with Crippen LogP contribution in [0.5, 0.6) is 11.5 Å². The van der Waals surface area contributed by atoms with Crippen LogP contribution >= 0.6 is 22.6 Å². The van der Waals surface area contributed by atoms with Crippen LogP contribution in [0.2, 0.25) is 0 Å². The van der Waals surface area contributed by atoms with Crippen LogP contribution in [-0.2, 0) is 11.4 Å². The third-order valence-electron chi connectivity index (χ3n) is 3.73. The number of nitrogens with one attached hydrogen (secondary N) is 1. The predicted octanol–water partition coefficient (Wildman–Crippen LogP) is 4.40. The Bertz CT molecular complexity index is 928. The molecule has 0 aliphatic carbocycles. The molecule has 3 aromatic rings. The number of carbonyl (C=O) groups excluding carboxylic acids is 1. The zero-order chi connectivity index (χ0) is 19.6. The quantitative estimate of drug-likeness (QED) is 0.292. The van der Waals surface area contributed by atoms with Crippen LogP contribution in [0.25, 0.3) is 0 Å². The van der Waals surface area contributed by atoms with Gasteiger partial charge in [0.15, 0.2) is 6.61 Å². The van der Waals surface area contributed by atoms with Crippen molar-refractivity contribution in [3.05, 3.63) is 93.6 Å². The predicted molar refractivity (Wildman–Crippen MR) is 118 cm³/mol. The lowest BCUT2D eigenvalue weighted by Gasteiger charge is -2.09. The van der Waals surface area contributed by atoms with E-state index in [-0.39, 0.29) is 12.5 Å². The fraction of sp³-hybridized carbons (Fsp3) is 0.0909. The van der Waals surface area contributed by atoms with E-state index < -0.39 is 0 Å². The van der Waals surface area contributed by atoms with Crippen molar-refractivity contribution < 1.29 is 14.3 Å². The molecule has 0 saturated carbocycles. The lowest BCUT2D eigenvalue weighted by atomic mass is 10.2. The second kappa shape index (κ2) is 10.5. The monoisotopic (exact) mass is 486 g/mol. The number of amides is 1. The molecule has 0 aromatic heterocycles. The van der Waals surface area contributed by atoms with Crippen molar-refractivity contribution in [3.63, 3.8) is 0 Å². The third-order valence-corrected chi connectivity index (χ3v) is 4.45. The van der Waals surface area contributed by atoms with Gasteiger partial charge in [-0.3, -0.25) is 4.79 Å². The van der Waals surface area contributed by atoms with Gasteiger partial charge in [-0.15, -0.1) is 0 Å². The van der Waals surface area contributed by atoms with E-state index in [0.717, 1.165) is 14.7 Å². The van der Waals surface area contributed by atoms with Gasteiger partial charge in [0.2, 0.25) is 0 Å². The first-order valence-electron chi connectivity index (χ1n) is 8.67. The minimum atomic E-state index is -0.336. The molecule has 0 saturated heterocycles. The summed E-state index contributed by atoms with van der Waals surface area (Å²) in [5, 5.41) is 4.00. The van der Waals surface area contributed by atoms with Gasteiger partial charge in [-0.25, -0.2) is 5.43 Å². The Hall–Kier alpha value is -2.87. The Labute approximate surface area is 177 Å². The molecule has 0 bridgehead atoms. The van der Waals surface area contributed by atoms with Crippen molar-refractivity contribution in [1.29, 1.82) is 0 Å². The number of rotatable bonds is 8. The molecule has 0 atom stereocenters. The topological polar surface area (TPSA) is 59.9 Å². The molecule has 0 heterocycles. The summed E-state index contributed by atoms with van der Waals surface area (Å²) in [4.78, 5) is 11.9.